The number of nitrogens with one attached hydrogen (secondary N) is 1. The Balaban J connectivity index is 1.73. The summed E-state index contributed by atoms with van der Waals surface area (Å²) in [7, 11) is 0. The molecule has 4 aromatic rings. The lowest BCUT2D eigenvalue weighted by Gasteiger charge is -2.06. The van der Waals surface area contributed by atoms with Gasteiger partial charge in [0.1, 0.15) is 11.1 Å². The van der Waals surface area contributed by atoms with E-state index in [0.29, 0.717) is 17.2 Å². The molecule has 2 N–H and O–H groups in total. The van der Waals surface area contributed by atoms with Crippen LogP contribution in [0.3, 0.4) is 0 Å². The fraction of sp³-hybridized carbons (Fsp3) is 0. The fourth-order valence-electron chi connectivity index (χ4n) is 2.71. The second-order valence-corrected chi connectivity index (χ2v) is 6.70. The molecule has 10 heteroatoms. The smallest absolute Gasteiger partial charge is 0.339 e. The van der Waals surface area contributed by atoms with E-state index in [-0.39, 0.29) is 16.5 Å². The van der Waals surface area contributed by atoms with Crippen molar-refractivity contribution in [2.45, 2.75) is 0 Å². The van der Waals surface area contributed by atoms with E-state index in [2.05, 4.69) is 10.3 Å². The summed E-state index contributed by atoms with van der Waals surface area (Å²) >= 11 is 0.753. The minimum atomic E-state index is -1.72. The second-order valence-electron chi connectivity index (χ2n) is 5.82. The van der Waals surface area contributed by atoms with Crippen molar-refractivity contribution < 1.29 is 32.3 Å². The number of oxazole rings is 1. The maximum atomic E-state index is 14.1. The van der Waals surface area contributed by atoms with Gasteiger partial charge in [-0.05, 0) is 24.3 Å². The molecular formula is C19H9F3N2O4S. The molecule has 29 heavy (non-hydrogen) atoms. The molecule has 0 saturated carbocycles. The van der Waals surface area contributed by atoms with Gasteiger partial charge in [0.15, 0.2) is 23.0 Å². The first-order chi connectivity index (χ1) is 13.9. The average Bonchev–Trinajstić information content (AvgIpc) is 3.30. The number of rotatable bonds is 4. The molecule has 0 aliphatic carbocycles. The van der Waals surface area contributed by atoms with Crippen LogP contribution in [0.15, 0.2) is 46.2 Å². The number of carbonyl (C=O) groups is 2. The molecule has 1 amide bonds. The SMILES string of the molecule is O=C(Nc1csc(-c2ccc(F)c(F)c2F)c1C(=O)O)c1nc2ccccc2o1. The summed E-state index contributed by atoms with van der Waals surface area (Å²) in [5.41, 5.74) is -0.260. The summed E-state index contributed by atoms with van der Waals surface area (Å²) in [4.78, 5) is 28.0. The number of benzene rings is 2. The third-order valence-electron chi connectivity index (χ3n) is 4.02. The zero-order valence-electron chi connectivity index (χ0n) is 14.2. The Morgan fingerprint density at radius 2 is 1.83 bits per heavy atom. The highest BCUT2D eigenvalue weighted by atomic mass is 32.1. The van der Waals surface area contributed by atoms with E-state index < -0.39 is 40.5 Å². The monoisotopic (exact) mass is 418 g/mol. The van der Waals surface area contributed by atoms with E-state index in [1.807, 2.05) is 0 Å². The van der Waals surface area contributed by atoms with Crippen LogP contribution >= 0.6 is 11.3 Å². The van der Waals surface area contributed by atoms with Crippen molar-refractivity contribution in [3.8, 4) is 10.4 Å². The molecule has 0 aliphatic heterocycles. The molecule has 0 atom stereocenters. The van der Waals surface area contributed by atoms with E-state index in [9.17, 15) is 27.9 Å². The van der Waals surface area contributed by atoms with E-state index >= 15 is 0 Å². The lowest BCUT2D eigenvalue weighted by Crippen LogP contribution is -2.14. The van der Waals surface area contributed by atoms with Crippen molar-refractivity contribution in [2.75, 3.05) is 5.32 Å². The van der Waals surface area contributed by atoms with Crippen molar-refractivity contribution in [3.63, 3.8) is 0 Å². The summed E-state index contributed by atoms with van der Waals surface area (Å²) in [5, 5.41) is 13.1. The van der Waals surface area contributed by atoms with Crippen LogP contribution in [0.1, 0.15) is 21.0 Å². The summed E-state index contributed by atoms with van der Waals surface area (Å²) in [5.74, 6) is -7.24. The van der Waals surface area contributed by atoms with Gasteiger partial charge in [-0.25, -0.2) is 22.9 Å². The Hall–Kier alpha value is -3.66. The van der Waals surface area contributed by atoms with Crippen LogP contribution in [0.25, 0.3) is 21.5 Å². The number of aromatic carboxylic acids is 1. The number of fused-ring (bicyclic) bond motifs is 1. The Labute approximate surface area is 164 Å². The molecule has 0 unspecified atom stereocenters. The van der Waals surface area contributed by atoms with Crippen LogP contribution in [0.2, 0.25) is 0 Å². The maximum Gasteiger partial charge on any atom is 0.339 e. The number of nitrogens with zero attached hydrogens (tertiary/aromatic N) is 1. The van der Waals surface area contributed by atoms with Gasteiger partial charge in [0.05, 0.1) is 10.6 Å². The summed E-state index contributed by atoms with van der Waals surface area (Å²) < 4.78 is 46.2. The number of carboxylic acid groups (broad SMARTS) is 1. The molecule has 0 fully saturated rings. The van der Waals surface area contributed by atoms with Crippen LogP contribution in [0.4, 0.5) is 18.9 Å². The second kappa shape index (κ2) is 7.06. The number of hydrogen-bond acceptors (Lipinski definition) is 5. The molecular weight excluding hydrogens is 409 g/mol. The molecule has 0 bridgehead atoms. The van der Waals surface area contributed by atoms with Gasteiger partial charge in [0, 0.05) is 10.9 Å². The number of halogens is 3. The van der Waals surface area contributed by atoms with Crippen molar-refractivity contribution in [1.82, 2.24) is 4.98 Å². The van der Waals surface area contributed by atoms with Gasteiger partial charge in [-0.3, -0.25) is 4.79 Å². The molecule has 4 rings (SSSR count). The van der Waals surface area contributed by atoms with E-state index in [1.54, 1.807) is 24.3 Å². The molecule has 2 aromatic heterocycles. The summed E-state index contributed by atoms with van der Waals surface area (Å²) in [6.45, 7) is 0. The number of para-hydroxylation sites is 2. The fourth-order valence-corrected chi connectivity index (χ4v) is 3.72. The van der Waals surface area contributed by atoms with Gasteiger partial charge < -0.3 is 14.8 Å². The molecule has 0 saturated heterocycles. The molecule has 0 radical (unpaired) electrons. The zero-order chi connectivity index (χ0) is 20.7. The van der Waals surface area contributed by atoms with Crippen LogP contribution in [0.5, 0.6) is 0 Å². The van der Waals surface area contributed by atoms with Crippen LogP contribution in [-0.2, 0) is 0 Å². The van der Waals surface area contributed by atoms with E-state index in [1.165, 1.54) is 5.38 Å². The van der Waals surface area contributed by atoms with Crippen LogP contribution in [-0.4, -0.2) is 22.0 Å². The Bertz CT molecular complexity index is 1250. The van der Waals surface area contributed by atoms with Crippen molar-refractivity contribution in [1.29, 1.82) is 0 Å². The van der Waals surface area contributed by atoms with Gasteiger partial charge in [-0.2, -0.15) is 0 Å². The number of amides is 1. The Morgan fingerprint density at radius 3 is 2.55 bits per heavy atom. The first-order valence-corrected chi connectivity index (χ1v) is 8.90. The molecule has 146 valence electrons. The minimum absolute atomic E-state index is 0.158. The number of aromatic nitrogens is 1. The topological polar surface area (TPSA) is 92.4 Å². The zero-order valence-corrected chi connectivity index (χ0v) is 15.0. The molecule has 2 heterocycles. The number of hydrogen-bond donors (Lipinski definition) is 2. The third-order valence-corrected chi connectivity index (χ3v) is 5.03. The van der Waals surface area contributed by atoms with Crippen molar-refractivity contribution in [2.24, 2.45) is 0 Å². The lowest BCUT2D eigenvalue weighted by molar-refractivity contribution is 0.0699. The summed E-state index contributed by atoms with van der Waals surface area (Å²) in [6.07, 6.45) is 0. The maximum absolute atomic E-state index is 14.1. The van der Waals surface area contributed by atoms with Gasteiger partial charge in [0.2, 0.25) is 0 Å². The third kappa shape index (κ3) is 3.23. The van der Waals surface area contributed by atoms with Crippen LogP contribution < -0.4 is 5.32 Å². The largest absolute Gasteiger partial charge is 0.478 e. The number of carbonyl (C=O) groups excluding carboxylic acids is 1. The highest BCUT2D eigenvalue weighted by molar-refractivity contribution is 7.14. The van der Waals surface area contributed by atoms with Crippen molar-refractivity contribution >= 4 is 40.0 Å². The quantitative estimate of drug-likeness (QED) is 0.459. The lowest BCUT2D eigenvalue weighted by atomic mass is 10.1. The molecule has 2 aromatic carbocycles. The first kappa shape index (κ1) is 18.7. The molecule has 6 nitrogen and oxygen atoms in total. The molecule has 0 aliphatic rings. The standard InChI is InChI=1S/C19H9F3N2O4S/c20-9-6-5-8(14(21)15(9)22)16-13(19(26)27)11(7-29-16)23-17(25)18-24-10-3-1-2-4-12(10)28-18/h1-7H,(H,23,25)(H,26,27). The molecule has 0 spiro atoms. The minimum Gasteiger partial charge on any atom is -0.478 e. The normalized spacial score (nSPS) is 11.0. The van der Waals surface area contributed by atoms with Gasteiger partial charge in [0.25, 0.3) is 5.89 Å². The predicted molar refractivity (Wildman–Crippen MR) is 98.6 cm³/mol. The predicted octanol–water partition coefficient (Wildman–Crippen LogP) is 4.92. The van der Waals surface area contributed by atoms with E-state index in [4.69, 9.17) is 4.42 Å². The number of carboxylic acids is 1. The van der Waals surface area contributed by atoms with Gasteiger partial charge in [-0.1, -0.05) is 12.1 Å². The summed E-state index contributed by atoms with van der Waals surface area (Å²) in [6, 6.07) is 8.26. The van der Waals surface area contributed by atoms with Crippen molar-refractivity contribution in [3.05, 3.63) is 70.7 Å². The van der Waals surface area contributed by atoms with E-state index in [0.717, 1.165) is 17.4 Å². The number of anilines is 1. The highest BCUT2D eigenvalue weighted by Gasteiger charge is 2.26. The Morgan fingerprint density at radius 1 is 1.07 bits per heavy atom. The average molecular weight is 418 g/mol. The highest BCUT2D eigenvalue weighted by Crippen LogP contribution is 2.38. The Kier molecular flexibility index (Phi) is 4.55. The van der Waals surface area contributed by atoms with Crippen LogP contribution in [0, 0.1) is 17.5 Å². The van der Waals surface area contributed by atoms with Gasteiger partial charge in [-0.15, -0.1) is 11.3 Å². The first-order valence-electron chi connectivity index (χ1n) is 8.02. The number of thiophene rings is 1. The van der Waals surface area contributed by atoms with Gasteiger partial charge >= 0.3 is 11.9 Å².